The zero-order valence-corrected chi connectivity index (χ0v) is 10.9. The second-order valence-corrected chi connectivity index (χ2v) is 5.38. The summed E-state index contributed by atoms with van der Waals surface area (Å²) >= 11 is 0. The van der Waals surface area contributed by atoms with Gasteiger partial charge >= 0.3 is 0 Å². The molecule has 1 fully saturated rings. The molecule has 3 heteroatoms. The van der Waals surface area contributed by atoms with Crippen LogP contribution in [0.25, 0.3) is 10.9 Å². The number of hydrogen-bond acceptors (Lipinski definition) is 2. The molecule has 1 aromatic carbocycles. The molecule has 3 nitrogen and oxygen atoms in total. The van der Waals surface area contributed by atoms with Crippen molar-refractivity contribution in [3.63, 3.8) is 0 Å². The summed E-state index contributed by atoms with van der Waals surface area (Å²) in [6.07, 6.45) is 5.93. The predicted molar refractivity (Wildman–Crippen MR) is 73.8 cm³/mol. The molecule has 0 atom stereocenters. The van der Waals surface area contributed by atoms with Crippen molar-refractivity contribution in [2.24, 2.45) is 11.1 Å². The molecular formula is C15H20N2O. The van der Waals surface area contributed by atoms with Crippen molar-refractivity contribution in [1.82, 2.24) is 4.57 Å². The van der Waals surface area contributed by atoms with Crippen LogP contribution in [0.4, 0.5) is 0 Å². The van der Waals surface area contributed by atoms with Gasteiger partial charge in [-0.1, -0.05) is 6.07 Å². The first-order valence-electron chi connectivity index (χ1n) is 6.60. The summed E-state index contributed by atoms with van der Waals surface area (Å²) in [6, 6.07) is 8.38. The molecule has 0 spiro atoms. The standard InChI is InChI=1S/C15H20N2O/c1-18-14-4-2-3-13-12(14)5-10-17(13)11-15(6-7-15)8-9-16/h2-5,10H,6-9,11,16H2,1H3. The van der Waals surface area contributed by atoms with E-state index < -0.39 is 0 Å². The molecule has 0 saturated heterocycles. The molecule has 1 aliphatic rings. The third kappa shape index (κ3) is 1.89. The summed E-state index contributed by atoms with van der Waals surface area (Å²) < 4.78 is 7.75. The molecule has 18 heavy (non-hydrogen) atoms. The second-order valence-electron chi connectivity index (χ2n) is 5.38. The Morgan fingerprint density at radius 2 is 2.17 bits per heavy atom. The van der Waals surface area contributed by atoms with Crippen LogP contribution in [0.2, 0.25) is 0 Å². The van der Waals surface area contributed by atoms with Crippen LogP contribution in [-0.4, -0.2) is 18.2 Å². The fourth-order valence-electron chi connectivity index (χ4n) is 2.84. The summed E-state index contributed by atoms with van der Waals surface area (Å²) in [7, 11) is 1.73. The molecule has 2 aromatic rings. The molecule has 0 radical (unpaired) electrons. The van der Waals surface area contributed by atoms with E-state index in [1.54, 1.807) is 7.11 Å². The van der Waals surface area contributed by atoms with Gasteiger partial charge in [0.05, 0.1) is 12.6 Å². The van der Waals surface area contributed by atoms with Crippen LogP contribution in [0.1, 0.15) is 19.3 Å². The van der Waals surface area contributed by atoms with Crippen LogP contribution < -0.4 is 10.5 Å². The first-order valence-corrected chi connectivity index (χ1v) is 6.60. The largest absolute Gasteiger partial charge is 0.496 e. The van der Waals surface area contributed by atoms with E-state index in [0.717, 1.165) is 25.3 Å². The van der Waals surface area contributed by atoms with Crippen molar-refractivity contribution in [2.45, 2.75) is 25.8 Å². The van der Waals surface area contributed by atoms with Gasteiger partial charge in [-0.2, -0.15) is 0 Å². The van der Waals surface area contributed by atoms with Crippen LogP contribution >= 0.6 is 0 Å². The molecule has 0 amide bonds. The Balaban J connectivity index is 1.94. The van der Waals surface area contributed by atoms with E-state index >= 15 is 0 Å². The molecule has 0 unspecified atom stereocenters. The van der Waals surface area contributed by atoms with Crippen molar-refractivity contribution in [3.05, 3.63) is 30.5 Å². The van der Waals surface area contributed by atoms with E-state index in [1.807, 2.05) is 6.07 Å². The van der Waals surface area contributed by atoms with Gasteiger partial charge in [-0.15, -0.1) is 0 Å². The minimum absolute atomic E-state index is 0.462. The fourth-order valence-corrected chi connectivity index (χ4v) is 2.84. The number of fused-ring (bicyclic) bond motifs is 1. The maximum Gasteiger partial charge on any atom is 0.128 e. The lowest BCUT2D eigenvalue weighted by Gasteiger charge is -2.16. The first kappa shape index (κ1) is 11.6. The number of methoxy groups -OCH3 is 1. The van der Waals surface area contributed by atoms with Gasteiger partial charge in [-0.3, -0.25) is 0 Å². The number of ether oxygens (including phenoxy) is 1. The molecule has 0 aliphatic heterocycles. The van der Waals surface area contributed by atoms with Crippen LogP contribution in [0.5, 0.6) is 5.75 Å². The molecule has 1 aromatic heterocycles. The molecule has 1 saturated carbocycles. The van der Waals surface area contributed by atoms with Crippen LogP contribution in [0, 0.1) is 5.41 Å². The smallest absolute Gasteiger partial charge is 0.128 e. The van der Waals surface area contributed by atoms with Gasteiger partial charge in [0.1, 0.15) is 5.75 Å². The average Bonchev–Trinajstić information content (AvgIpc) is 3.02. The monoisotopic (exact) mass is 244 g/mol. The number of aromatic nitrogens is 1. The van der Waals surface area contributed by atoms with E-state index in [1.165, 1.54) is 23.7 Å². The van der Waals surface area contributed by atoms with E-state index in [9.17, 15) is 0 Å². The third-order valence-electron chi connectivity index (χ3n) is 4.13. The maximum absolute atomic E-state index is 5.71. The number of benzene rings is 1. The van der Waals surface area contributed by atoms with E-state index in [4.69, 9.17) is 10.5 Å². The van der Waals surface area contributed by atoms with Gasteiger partial charge < -0.3 is 15.0 Å². The highest BCUT2D eigenvalue weighted by Gasteiger charge is 2.41. The van der Waals surface area contributed by atoms with Gasteiger partial charge in [-0.25, -0.2) is 0 Å². The Bertz CT molecular complexity index is 555. The molecule has 1 heterocycles. The maximum atomic E-state index is 5.71. The highest BCUT2D eigenvalue weighted by Crippen LogP contribution is 2.50. The first-order chi connectivity index (χ1) is 8.78. The molecule has 2 N–H and O–H groups in total. The zero-order valence-electron chi connectivity index (χ0n) is 10.9. The van der Waals surface area contributed by atoms with Gasteiger partial charge in [0.25, 0.3) is 0 Å². The van der Waals surface area contributed by atoms with E-state index in [0.29, 0.717) is 5.41 Å². The van der Waals surface area contributed by atoms with Crippen LogP contribution in [-0.2, 0) is 6.54 Å². The number of nitrogens with two attached hydrogens (primary N) is 1. The Morgan fingerprint density at radius 3 is 2.83 bits per heavy atom. The summed E-state index contributed by atoms with van der Waals surface area (Å²) in [6.45, 7) is 1.88. The SMILES string of the molecule is COc1cccc2c1ccn2CC1(CCN)CC1. The van der Waals surface area contributed by atoms with E-state index in [-0.39, 0.29) is 0 Å². The van der Waals surface area contributed by atoms with Gasteiger partial charge in [-0.05, 0) is 49.4 Å². The van der Waals surface area contributed by atoms with Crippen LogP contribution in [0.3, 0.4) is 0 Å². The highest BCUT2D eigenvalue weighted by molar-refractivity contribution is 5.86. The summed E-state index contributed by atoms with van der Waals surface area (Å²) in [5.41, 5.74) is 7.44. The topological polar surface area (TPSA) is 40.2 Å². The lowest BCUT2D eigenvalue weighted by Crippen LogP contribution is -2.15. The highest BCUT2D eigenvalue weighted by atomic mass is 16.5. The summed E-state index contributed by atoms with van der Waals surface area (Å²) in [5.74, 6) is 0.954. The quantitative estimate of drug-likeness (QED) is 0.878. The van der Waals surface area contributed by atoms with Crippen molar-refractivity contribution in [2.75, 3.05) is 13.7 Å². The Kier molecular flexibility index (Phi) is 2.78. The van der Waals surface area contributed by atoms with Crippen molar-refractivity contribution in [3.8, 4) is 5.75 Å². The number of rotatable bonds is 5. The van der Waals surface area contributed by atoms with Crippen molar-refractivity contribution in [1.29, 1.82) is 0 Å². The molecule has 1 aliphatic carbocycles. The second kappa shape index (κ2) is 4.32. The number of nitrogens with zero attached hydrogens (tertiary/aromatic N) is 1. The van der Waals surface area contributed by atoms with Gasteiger partial charge in [0.2, 0.25) is 0 Å². The minimum Gasteiger partial charge on any atom is -0.496 e. The molecule has 3 rings (SSSR count). The fraction of sp³-hybridized carbons (Fsp3) is 0.467. The molecule has 0 bridgehead atoms. The van der Waals surface area contributed by atoms with Crippen molar-refractivity contribution >= 4 is 10.9 Å². The minimum atomic E-state index is 0.462. The third-order valence-corrected chi connectivity index (χ3v) is 4.13. The Labute approximate surface area is 108 Å². The Morgan fingerprint density at radius 1 is 1.33 bits per heavy atom. The van der Waals surface area contributed by atoms with E-state index in [2.05, 4.69) is 29.0 Å². The molecular weight excluding hydrogens is 224 g/mol. The van der Waals surface area contributed by atoms with Gasteiger partial charge in [0, 0.05) is 18.1 Å². The van der Waals surface area contributed by atoms with Crippen molar-refractivity contribution < 1.29 is 4.74 Å². The summed E-state index contributed by atoms with van der Waals surface area (Å²) in [4.78, 5) is 0. The zero-order chi connectivity index (χ0) is 12.6. The predicted octanol–water partition coefficient (Wildman–Crippen LogP) is 2.78. The van der Waals surface area contributed by atoms with Crippen LogP contribution in [0.15, 0.2) is 30.5 Å². The lowest BCUT2D eigenvalue weighted by atomic mass is 10.0. The Hall–Kier alpha value is -1.48. The summed E-state index contributed by atoms with van der Waals surface area (Å²) in [5, 5.41) is 1.20. The van der Waals surface area contributed by atoms with Gasteiger partial charge in [0.15, 0.2) is 0 Å². The lowest BCUT2D eigenvalue weighted by molar-refractivity contribution is 0.404. The normalized spacial score (nSPS) is 17.0. The average molecular weight is 244 g/mol. The number of hydrogen-bond donors (Lipinski definition) is 1. The molecule has 96 valence electrons.